The predicted octanol–water partition coefficient (Wildman–Crippen LogP) is 2.40. The SMILES string of the molecule is Cc1nc2sccn2c1/C=N/Nc1ccc(S(=O)(=O)O)cc1. The van der Waals surface area contributed by atoms with Crippen LogP contribution in [0.25, 0.3) is 4.96 Å². The van der Waals surface area contributed by atoms with Gasteiger partial charge in [0.15, 0.2) is 4.96 Å². The van der Waals surface area contributed by atoms with Crippen LogP contribution in [0.1, 0.15) is 11.4 Å². The van der Waals surface area contributed by atoms with Crippen LogP contribution in [0.2, 0.25) is 0 Å². The molecule has 0 radical (unpaired) electrons. The molecule has 0 saturated carbocycles. The first-order valence-electron chi connectivity index (χ1n) is 6.24. The lowest BCUT2D eigenvalue weighted by atomic mass is 10.3. The van der Waals surface area contributed by atoms with Gasteiger partial charge in [-0.25, -0.2) is 4.98 Å². The van der Waals surface area contributed by atoms with Gasteiger partial charge in [0.25, 0.3) is 10.1 Å². The minimum atomic E-state index is -4.18. The summed E-state index contributed by atoms with van der Waals surface area (Å²) in [6.07, 6.45) is 3.57. The average molecular weight is 336 g/mol. The van der Waals surface area contributed by atoms with Crippen molar-refractivity contribution >= 4 is 38.3 Å². The van der Waals surface area contributed by atoms with Crippen LogP contribution in [0.4, 0.5) is 5.69 Å². The molecule has 2 aromatic heterocycles. The Morgan fingerprint density at radius 1 is 1.36 bits per heavy atom. The third-order valence-electron chi connectivity index (χ3n) is 3.02. The van der Waals surface area contributed by atoms with Gasteiger partial charge < -0.3 is 0 Å². The first-order chi connectivity index (χ1) is 10.4. The zero-order valence-electron chi connectivity index (χ0n) is 11.5. The highest BCUT2D eigenvalue weighted by molar-refractivity contribution is 7.85. The molecule has 0 amide bonds. The summed E-state index contributed by atoms with van der Waals surface area (Å²) in [5, 5.41) is 6.07. The summed E-state index contributed by atoms with van der Waals surface area (Å²) in [5.41, 5.74) is 5.15. The molecule has 0 unspecified atom stereocenters. The summed E-state index contributed by atoms with van der Waals surface area (Å²) in [6, 6.07) is 5.64. The molecule has 1 aromatic carbocycles. The Hall–Kier alpha value is -2.23. The zero-order chi connectivity index (χ0) is 15.7. The fourth-order valence-electron chi connectivity index (χ4n) is 1.94. The number of benzene rings is 1. The molecule has 0 bridgehead atoms. The van der Waals surface area contributed by atoms with Crippen LogP contribution >= 0.6 is 11.3 Å². The number of nitrogens with zero attached hydrogens (tertiary/aromatic N) is 3. The minimum absolute atomic E-state index is 0.159. The quantitative estimate of drug-likeness (QED) is 0.433. The van der Waals surface area contributed by atoms with Crippen LogP contribution in [-0.4, -0.2) is 28.6 Å². The molecule has 0 aliphatic rings. The van der Waals surface area contributed by atoms with Crippen LogP contribution in [-0.2, 0) is 10.1 Å². The molecule has 2 N–H and O–H groups in total. The number of aryl methyl sites for hydroxylation is 1. The molecule has 0 saturated heterocycles. The van der Waals surface area contributed by atoms with Gasteiger partial charge in [-0.1, -0.05) is 0 Å². The number of aromatic nitrogens is 2. The third-order valence-corrected chi connectivity index (χ3v) is 4.64. The molecular formula is C13H12N4O3S2. The van der Waals surface area contributed by atoms with Crippen LogP contribution in [0, 0.1) is 6.92 Å². The first-order valence-corrected chi connectivity index (χ1v) is 8.56. The lowest BCUT2D eigenvalue weighted by Gasteiger charge is -2.01. The highest BCUT2D eigenvalue weighted by atomic mass is 32.2. The van der Waals surface area contributed by atoms with E-state index in [1.807, 2.05) is 22.9 Å². The van der Waals surface area contributed by atoms with Gasteiger partial charge in [0.2, 0.25) is 0 Å². The monoisotopic (exact) mass is 336 g/mol. The van der Waals surface area contributed by atoms with E-state index in [9.17, 15) is 8.42 Å². The molecule has 3 aromatic rings. The molecule has 0 aliphatic heterocycles. The molecule has 22 heavy (non-hydrogen) atoms. The number of anilines is 1. The maximum atomic E-state index is 10.9. The number of hydrogen-bond donors (Lipinski definition) is 2. The van der Waals surface area contributed by atoms with Crippen LogP contribution < -0.4 is 5.43 Å². The number of fused-ring (bicyclic) bond motifs is 1. The highest BCUT2D eigenvalue weighted by Crippen LogP contribution is 2.16. The van der Waals surface area contributed by atoms with Crippen molar-refractivity contribution in [1.29, 1.82) is 0 Å². The van der Waals surface area contributed by atoms with E-state index in [2.05, 4.69) is 15.5 Å². The number of rotatable bonds is 4. The topological polar surface area (TPSA) is 96.1 Å². The van der Waals surface area contributed by atoms with E-state index in [1.54, 1.807) is 17.6 Å². The fourth-order valence-corrected chi connectivity index (χ4v) is 3.18. The molecule has 114 valence electrons. The number of hydrogen-bond acceptors (Lipinski definition) is 6. The molecule has 0 aliphatic carbocycles. The van der Waals surface area contributed by atoms with Crippen LogP contribution in [0.5, 0.6) is 0 Å². The van der Waals surface area contributed by atoms with E-state index in [0.29, 0.717) is 5.69 Å². The molecule has 0 atom stereocenters. The van der Waals surface area contributed by atoms with Crippen LogP contribution in [0.3, 0.4) is 0 Å². The number of imidazole rings is 1. The van der Waals surface area contributed by atoms with Crippen molar-refractivity contribution in [2.75, 3.05) is 5.43 Å². The van der Waals surface area contributed by atoms with Crippen molar-refractivity contribution in [3.05, 3.63) is 47.2 Å². The summed E-state index contributed by atoms with van der Waals surface area (Å²) in [5.74, 6) is 0. The summed E-state index contributed by atoms with van der Waals surface area (Å²) in [4.78, 5) is 5.15. The van der Waals surface area contributed by atoms with E-state index in [1.165, 1.54) is 24.3 Å². The number of thiazole rings is 1. The maximum Gasteiger partial charge on any atom is 0.294 e. The van der Waals surface area contributed by atoms with Crippen molar-refractivity contribution in [1.82, 2.24) is 9.38 Å². The second-order valence-corrected chi connectivity index (χ2v) is 6.80. The Balaban J connectivity index is 1.77. The third kappa shape index (κ3) is 2.86. The largest absolute Gasteiger partial charge is 0.294 e. The predicted molar refractivity (Wildman–Crippen MR) is 85.3 cm³/mol. The van der Waals surface area contributed by atoms with Gasteiger partial charge in [-0.05, 0) is 31.2 Å². The van der Waals surface area contributed by atoms with Crippen molar-refractivity contribution in [3.63, 3.8) is 0 Å². The number of nitrogens with one attached hydrogen (secondary N) is 1. The molecule has 3 rings (SSSR count). The Morgan fingerprint density at radius 2 is 2.09 bits per heavy atom. The lowest BCUT2D eigenvalue weighted by molar-refractivity contribution is 0.483. The summed E-state index contributed by atoms with van der Waals surface area (Å²) >= 11 is 1.55. The van der Waals surface area contributed by atoms with Crippen molar-refractivity contribution < 1.29 is 13.0 Å². The van der Waals surface area contributed by atoms with Crippen molar-refractivity contribution in [2.45, 2.75) is 11.8 Å². The van der Waals surface area contributed by atoms with Gasteiger partial charge in [-0.2, -0.15) is 13.5 Å². The van der Waals surface area contributed by atoms with E-state index in [4.69, 9.17) is 4.55 Å². The van der Waals surface area contributed by atoms with E-state index in [-0.39, 0.29) is 4.90 Å². The highest BCUT2D eigenvalue weighted by Gasteiger charge is 2.08. The molecule has 7 nitrogen and oxygen atoms in total. The van der Waals surface area contributed by atoms with Crippen LogP contribution in [0.15, 0.2) is 45.8 Å². The molecule has 0 fully saturated rings. The average Bonchev–Trinajstić information content (AvgIpc) is 3.01. The van der Waals surface area contributed by atoms with Gasteiger partial charge >= 0.3 is 0 Å². The lowest BCUT2D eigenvalue weighted by Crippen LogP contribution is -1.98. The Kier molecular flexibility index (Phi) is 3.69. The van der Waals surface area contributed by atoms with Crippen molar-refractivity contribution in [2.24, 2.45) is 5.10 Å². The van der Waals surface area contributed by atoms with E-state index in [0.717, 1.165) is 16.3 Å². The zero-order valence-corrected chi connectivity index (χ0v) is 13.1. The summed E-state index contributed by atoms with van der Waals surface area (Å²) < 4.78 is 32.7. The standard InChI is InChI=1S/C13H12N4O3S2/c1-9-12(17-6-7-21-13(17)15-9)8-14-16-10-2-4-11(5-3-10)22(18,19)20/h2-8,16H,1H3,(H,18,19,20)/b14-8+. The molecular weight excluding hydrogens is 324 g/mol. The molecule has 0 spiro atoms. The van der Waals surface area contributed by atoms with E-state index < -0.39 is 10.1 Å². The Bertz CT molecular complexity index is 939. The van der Waals surface area contributed by atoms with Gasteiger partial charge in [0.1, 0.15) is 0 Å². The first kappa shape index (κ1) is 14.7. The van der Waals surface area contributed by atoms with Gasteiger partial charge in [-0.3, -0.25) is 14.4 Å². The Morgan fingerprint density at radius 3 is 2.77 bits per heavy atom. The normalized spacial score (nSPS) is 12.3. The maximum absolute atomic E-state index is 10.9. The van der Waals surface area contributed by atoms with Gasteiger partial charge in [-0.15, -0.1) is 11.3 Å². The smallest absolute Gasteiger partial charge is 0.289 e. The van der Waals surface area contributed by atoms with Crippen molar-refractivity contribution in [3.8, 4) is 0 Å². The number of hydrazone groups is 1. The Labute approximate surface area is 130 Å². The van der Waals surface area contributed by atoms with E-state index >= 15 is 0 Å². The molecule has 9 heteroatoms. The summed E-state index contributed by atoms with van der Waals surface area (Å²) in [6.45, 7) is 1.90. The van der Waals surface area contributed by atoms with Gasteiger partial charge in [0, 0.05) is 11.6 Å². The fraction of sp³-hybridized carbons (Fsp3) is 0.0769. The molecule has 2 heterocycles. The summed E-state index contributed by atoms with van der Waals surface area (Å²) in [7, 11) is -4.18. The van der Waals surface area contributed by atoms with Gasteiger partial charge in [0.05, 0.1) is 28.2 Å². The second-order valence-electron chi connectivity index (χ2n) is 4.51. The minimum Gasteiger partial charge on any atom is -0.289 e. The second kappa shape index (κ2) is 5.52.